The molecule has 0 atom stereocenters. The molecule has 4 nitrogen and oxygen atoms in total. The summed E-state index contributed by atoms with van der Waals surface area (Å²) in [6.45, 7) is 4.21. The molecule has 1 N–H and O–H groups in total. The summed E-state index contributed by atoms with van der Waals surface area (Å²) in [4.78, 5) is 22.2. The number of carboxylic acid groups (broad SMARTS) is 1. The van der Waals surface area contributed by atoms with Gasteiger partial charge in [0.05, 0.1) is 11.0 Å². The van der Waals surface area contributed by atoms with Crippen LogP contribution in [0.2, 0.25) is 0 Å². The van der Waals surface area contributed by atoms with Crippen molar-refractivity contribution in [1.29, 1.82) is 0 Å². The highest BCUT2D eigenvalue weighted by Gasteiger charge is 2.28. The molecule has 0 aliphatic carbocycles. The van der Waals surface area contributed by atoms with Crippen LogP contribution in [0.25, 0.3) is 0 Å². The fourth-order valence-corrected chi connectivity index (χ4v) is 1.22. The van der Waals surface area contributed by atoms with Gasteiger partial charge in [0.15, 0.2) is 5.78 Å². The van der Waals surface area contributed by atoms with Gasteiger partial charge in [-0.2, -0.15) is 0 Å². The van der Waals surface area contributed by atoms with Gasteiger partial charge in [0.2, 0.25) is 0 Å². The van der Waals surface area contributed by atoms with E-state index in [0.717, 1.165) is 12.1 Å². The molecular weight excluding hydrogens is 239 g/mol. The van der Waals surface area contributed by atoms with Crippen LogP contribution in [0.3, 0.4) is 0 Å². The summed E-state index contributed by atoms with van der Waals surface area (Å²) in [5, 5.41) is 8.93. The molecule has 5 heteroatoms. The van der Waals surface area contributed by atoms with Gasteiger partial charge in [-0.15, -0.1) is 0 Å². The van der Waals surface area contributed by atoms with Gasteiger partial charge < -0.3 is 9.84 Å². The third-order valence-electron chi connectivity index (χ3n) is 2.49. The molecule has 1 aromatic rings. The van der Waals surface area contributed by atoms with Crippen LogP contribution in [0.5, 0.6) is 5.75 Å². The molecule has 0 fully saturated rings. The van der Waals surface area contributed by atoms with Crippen LogP contribution in [-0.4, -0.2) is 23.5 Å². The lowest BCUT2D eigenvalue weighted by atomic mass is 9.95. The summed E-state index contributed by atoms with van der Waals surface area (Å²) in [6.07, 6.45) is 0. The van der Waals surface area contributed by atoms with Crippen LogP contribution in [-0.2, 0) is 4.79 Å². The predicted octanol–water partition coefficient (Wildman–Crippen LogP) is 2.52. The Balaban J connectivity index is 2.92. The standard InChI is InChI=1S/C13H15FO4/c1-8(15)10-6-9(14)4-5-11(10)18-7-13(2,3)12(16)17/h4-6H,7H2,1-3H3,(H,16,17). The number of aliphatic carboxylic acids is 1. The third kappa shape index (κ3) is 3.29. The minimum atomic E-state index is -1.08. The van der Waals surface area contributed by atoms with Crippen molar-refractivity contribution >= 4 is 11.8 Å². The van der Waals surface area contributed by atoms with Crippen LogP contribution >= 0.6 is 0 Å². The zero-order chi connectivity index (χ0) is 13.9. The molecule has 0 aromatic heterocycles. The second kappa shape index (κ2) is 5.16. The first kappa shape index (κ1) is 14.2. The topological polar surface area (TPSA) is 63.6 Å². The number of hydrogen-bond donors (Lipinski definition) is 1. The van der Waals surface area contributed by atoms with E-state index in [1.165, 1.54) is 26.8 Å². The number of hydrogen-bond acceptors (Lipinski definition) is 3. The van der Waals surface area contributed by atoms with E-state index in [1.807, 2.05) is 0 Å². The van der Waals surface area contributed by atoms with Crippen LogP contribution in [0.15, 0.2) is 18.2 Å². The quantitative estimate of drug-likeness (QED) is 0.820. The van der Waals surface area contributed by atoms with Crippen molar-refractivity contribution in [2.45, 2.75) is 20.8 Å². The number of Topliss-reactive ketones (excluding diaryl/α,β-unsaturated/α-hetero) is 1. The minimum absolute atomic E-state index is 0.103. The van der Waals surface area contributed by atoms with Gasteiger partial charge in [0, 0.05) is 0 Å². The number of carbonyl (C=O) groups excluding carboxylic acids is 1. The lowest BCUT2D eigenvalue weighted by molar-refractivity contribution is -0.148. The van der Waals surface area contributed by atoms with E-state index < -0.39 is 17.2 Å². The highest BCUT2D eigenvalue weighted by molar-refractivity contribution is 5.96. The average molecular weight is 254 g/mol. The number of carbonyl (C=O) groups is 2. The van der Waals surface area contributed by atoms with E-state index in [4.69, 9.17) is 9.84 Å². The number of rotatable bonds is 5. The Labute approximate surface area is 104 Å². The second-order valence-electron chi connectivity index (χ2n) is 4.67. The second-order valence-corrected chi connectivity index (χ2v) is 4.67. The summed E-state index contributed by atoms with van der Waals surface area (Å²) in [7, 11) is 0. The Morgan fingerprint density at radius 2 is 2.00 bits per heavy atom. The van der Waals surface area contributed by atoms with E-state index in [9.17, 15) is 14.0 Å². The molecule has 0 saturated heterocycles. The number of ether oxygens (including phenoxy) is 1. The lowest BCUT2D eigenvalue weighted by Gasteiger charge is -2.20. The number of ketones is 1. The zero-order valence-electron chi connectivity index (χ0n) is 10.5. The Morgan fingerprint density at radius 3 is 2.50 bits per heavy atom. The maximum absolute atomic E-state index is 13.0. The van der Waals surface area contributed by atoms with Crippen molar-refractivity contribution in [3.63, 3.8) is 0 Å². The van der Waals surface area contributed by atoms with Gasteiger partial charge in [-0.25, -0.2) is 4.39 Å². The third-order valence-corrected chi connectivity index (χ3v) is 2.49. The van der Waals surface area contributed by atoms with Crippen molar-refractivity contribution in [3.8, 4) is 5.75 Å². The summed E-state index contributed by atoms with van der Waals surface area (Å²) in [5.74, 6) is -1.69. The molecule has 1 aromatic carbocycles. The first-order chi connectivity index (χ1) is 8.24. The van der Waals surface area contributed by atoms with Gasteiger partial charge in [0.25, 0.3) is 0 Å². The molecule has 0 heterocycles. The summed E-state index contributed by atoms with van der Waals surface area (Å²) >= 11 is 0. The molecule has 0 aliphatic rings. The monoisotopic (exact) mass is 254 g/mol. The average Bonchev–Trinajstić information content (AvgIpc) is 2.27. The first-order valence-corrected chi connectivity index (χ1v) is 5.41. The van der Waals surface area contributed by atoms with Crippen molar-refractivity contribution in [2.24, 2.45) is 5.41 Å². The molecule has 0 amide bonds. The normalized spacial score (nSPS) is 11.1. The van der Waals surface area contributed by atoms with Crippen molar-refractivity contribution in [1.82, 2.24) is 0 Å². The molecule has 0 spiro atoms. The molecule has 0 unspecified atom stereocenters. The van der Waals surface area contributed by atoms with Crippen molar-refractivity contribution in [3.05, 3.63) is 29.6 Å². The van der Waals surface area contributed by atoms with E-state index in [1.54, 1.807) is 0 Å². The molecule has 98 valence electrons. The maximum Gasteiger partial charge on any atom is 0.312 e. The summed E-state index contributed by atoms with van der Waals surface area (Å²) in [6, 6.07) is 3.56. The largest absolute Gasteiger partial charge is 0.492 e. The highest BCUT2D eigenvalue weighted by Crippen LogP contribution is 2.23. The molecule has 1 rings (SSSR count). The number of halogens is 1. The van der Waals surface area contributed by atoms with Gasteiger partial charge in [-0.05, 0) is 39.0 Å². The lowest BCUT2D eigenvalue weighted by Crippen LogP contribution is -2.31. The number of carboxylic acids is 1. The summed E-state index contributed by atoms with van der Waals surface area (Å²) < 4.78 is 18.3. The van der Waals surface area contributed by atoms with E-state index in [-0.39, 0.29) is 23.7 Å². The van der Waals surface area contributed by atoms with Crippen LogP contribution in [0.1, 0.15) is 31.1 Å². The fourth-order valence-electron chi connectivity index (χ4n) is 1.22. The molecular formula is C13H15FO4. The molecule has 0 bridgehead atoms. The maximum atomic E-state index is 13.0. The van der Waals surface area contributed by atoms with E-state index >= 15 is 0 Å². The van der Waals surface area contributed by atoms with Gasteiger partial charge in [0.1, 0.15) is 18.2 Å². The van der Waals surface area contributed by atoms with E-state index in [0.29, 0.717) is 0 Å². The Bertz CT molecular complexity index is 480. The molecule has 0 radical (unpaired) electrons. The Morgan fingerprint density at radius 1 is 1.39 bits per heavy atom. The summed E-state index contributed by atoms with van der Waals surface area (Å²) in [5.41, 5.74) is -0.973. The predicted molar refractivity (Wildman–Crippen MR) is 63.3 cm³/mol. The Hall–Kier alpha value is -1.91. The molecule has 0 saturated carbocycles. The molecule has 18 heavy (non-hydrogen) atoms. The van der Waals surface area contributed by atoms with Crippen molar-refractivity contribution < 1.29 is 23.8 Å². The van der Waals surface area contributed by atoms with Crippen molar-refractivity contribution in [2.75, 3.05) is 6.61 Å². The fraction of sp³-hybridized carbons (Fsp3) is 0.385. The number of benzene rings is 1. The van der Waals surface area contributed by atoms with Crippen LogP contribution in [0.4, 0.5) is 4.39 Å². The zero-order valence-corrected chi connectivity index (χ0v) is 10.5. The van der Waals surface area contributed by atoms with Crippen LogP contribution in [0, 0.1) is 11.2 Å². The smallest absolute Gasteiger partial charge is 0.312 e. The SMILES string of the molecule is CC(=O)c1cc(F)ccc1OCC(C)(C)C(=O)O. The highest BCUT2D eigenvalue weighted by atomic mass is 19.1. The van der Waals surface area contributed by atoms with E-state index in [2.05, 4.69) is 0 Å². The minimum Gasteiger partial charge on any atom is -0.492 e. The van der Waals surface area contributed by atoms with Gasteiger partial charge in [-0.3, -0.25) is 9.59 Å². The molecule has 0 aliphatic heterocycles. The van der Waals surface area contributed by atoms with Gasteiger partial charge in [-0.1, -0.05) is 0 Å². The first-order valence-electron chi connectivity index (χ1n) is 5.41. The van der Waals surface area contributed by atoms with Crippen LogP contribution < -0.4 is 4.74 Å². The Kier molecular flexibility index (Phi) is 4.06. The van der Waals surface area contributed by atoms with Gasteiger partial charge >= 0.3 is 5.97 Å².